The first-order chi connectivity index (χ1) is 9.68. The first-order valence-corrected chi connectivity index (χ1v) is 6.47. The van der Waals surface area contributed by atoms with Gasteiger partial charge in [-0.2, -0.15) is 0 Å². The van der Waals surface area contributed by atoms with Crippen LogP contribution in [0, 0.1) is 0 Å². The van der Waals surface area contributed by atoms with Gasteiger partial charge in [0, 0.05) is 16.3 Å². The second-order valence-electron chi connectivity index (χ2n) is 4.80. The zero-order valence-corrected chi connectivity index (χ0v) is 11.3. The van der Waals surface area contributed by atoms with Crippen molar-refractivity contribution in [2.45, 2.75) is 13.7 Å². The Morgan fingerprint density at radius 1 is 1.05 bits per heavy atom. The summed E-state index contributed by atoms with van der Waals surface area (Å²) >= 11 is 0. The lowest BCUT2D eigenvalue weighted by Crippen LogP contribution is -2.09. The standard InChI is InChI=1S/C17H15NO2/c1-12(2)17(19)20-11-18-15-9-5-3-7-13(15)14-8-4-6-10-16(14)18/h3-10H,1,11H2,2H3. The number of rotatable bonds is 3. The molecule has 0 saturated heterocycles. The normalized spacial score (nSPS) is 10.8. The van der Waals surface area contributed by atoms with E-state index in [2.05, 4.69) is 18.7 Å². The molecule has 3 nitrogen and oxygen atoms in total. The molecule has 0 aliphatic rings. The van der Waals surface area contributed by atoms with E-state index in [1.807, 2.05) is 41.0 Å². The minimum atomic E-state index is -0.369. The second-order valence-corrected chi connectivity index (χ2v) is 4.80. The van der Waals surface area contributed by atoms with Crippen molar-refractivity contribution >= 4 is 27.8 Å². The maximum Gasteiger partial charge on any atom is 0.334 e. The first kappa shape index (κ1) is 12.5. The third kappa shape index (κ3) is 1.97. The van der Waals surface area contributed by atoms with Crippen LogP contribution in [-0.4, -0.2) is 10.5 Å². The van der Waals surface area contributed by atoms with Gasteiger partial charge in [-0.25, -0.2) is 4.79 Å². The number of carbonyl (C=O) groups is 1. The summed E-state index contributed by atoms with van der Waals surface area (Å²) in [6.45, 7) is 5.44. The topological polar surface area (TPSA) is 31.2 Å². The van der Waals surface area contributed by atoms with Crippen molar-refractivity contribution in [3.8, 4) is 0 Å². The van der Waals surface area contributed by atoms with E-state index in [9.17, 15) is 4.79 Å². The Balaban J connectivity index is 2.12. The highest BCUT2D eigenvalue weighted by molar-refractivity contribution is 6.07. The van der Waals surface area contributed by atoms with Crippen LogP contribution in [0.25, 0.3) is 21.8 Å². The second kappa shape index (κ2) is 4.85. The van der Waals surface area contributed by atoms with Crippen LogP contribution in [0.2, 0.25) is 0 Å². The van der Waals surface area contributed by atoms with Crippen molar-refractivity contribution < 1.29 is 9.53 Å². The van der Waals surface area contributed by atoms with Crippen LogP contribution in [-0.2, 0) is 16.3 Å². The number of aromatic nitrogens is 1. The molecule has 1 aromatic heterocycles. The van der Waals surface area contributed by atoms with E-state index in [1.54, 1.807) is 6.92 Å². The van der Waals surface area contributed by atoms with Crippen LogP contribution in [0.3, 0.4) is 0 Å². The van der Waals surface area contributed by atoms with Gasteiger partial charge in [0.15, 0.2) is 6.73 Å². The molecular formula is C17H15NO2. The van der Waals surface area contributed by atoms with Crippen LogP contribution >= 0.6 is 0 Å². The summed E-state index contributed by atoms with van der Waals surface area (Å²) in [6, 6.07) is 16.2. The van der Waals surface area contributed by atoms with E-state index in [4.69, 9.17) is 4.74 Å². The summed E-state index contributed by atoms with van der Waals surface area (Å²) in [5.41, 5.74) is 2.53. The third-order valence-corrected chi connectivity index (χ3v) is 3.35. The average molecular weight is 265 g/mol. The van der Waals surface area contributed by atoms with Gasteiger partial charge in [-0.05, 0) is 19.1 Å². The van der Waals surface area contributed by atoms with E-state index in [-0.39, 0.29) is 12.7 Å². The minimum absolute atomic E-state index is 0.194. The molecule has 100 valence electrons. The third-order valence-electron chi connectivity index (χ3n) is 3.35. The van der Waals surface area contributed by atoms with Crippen molar-refractivity contribution in [1.29, 1.82) is 0 Å². The molecule has 0 aliphatic carbocycles. The molecule has 0 unspecified atom stereocenters. The fraction of sp³-hybridized carbons (Fsp3) is 0.118. The van der Waals surface area contributed by atoms with Crippen molar-refractivity contribution in [3.63, 3.8) is 0 Å². The maximum atomic E-state index is 11.6. The number of hydrogen-bond donors (Lipinski definition) is 0. The maximum absolute atomic E-state index is 11.6. The molecule has 0 aliphatic heterocycles. The number of benzene rings is 2. The van der Waals surface area contributed by atoms with Crippen molar-refractivity contribution in [1.82, 2.24) is 4.57 Å². The van der Waals surface area contributed by atoms with Crippen LogP contribution in [0.1, 0.15) is 6.92 Å². The Bertz CT molecular complexity index is 761. The molecule has 0 fully saturated rings. The lowest BCUT2D eigenvalue weighted by atomic mass is 10.2. The fourth-order valence-electron chi connectivity index (χ4n) is 2.39. The van der Waals surface area contributed by atoms with Gasteiger partial charge in [0.1, 0.15) is 0 Å². The molecule has 0 radical (unpaired) electrons. The molecule has 3 rings (SSSR count). The molecule has 3 aromatic rings. The highest BCUT2D eigenvalue weighted by Crippen LogP contribution is 2.28. The molecule has 0 atom stereocenters. The summed E-state index contributed by atoms with van der Waals surface area (Å²) in [6.07, 6.45) is 0. The summed E-state index contributed by atoms with van der Waals surface area (Å²) in [4.78, 5) is 11.6. The highest BCUT2D eigenvalue weighted by Gasteiger charge is 2.11. The van der Waals surface area contributed by atoms with Crippen LogP contribution < -0.4 is 0 Å². The van der Waals surface area contributed by atoms with Crippen LogP contribution in [0.5, 0.6) is 0 Å². The van der Waals surface area contributed by atoms with E-state index in [1.165, 1.54) is 0 Å². The van der Waals surface area contributed by atoms with E-state index in [0.29, 0.717) is 5.57 Å². The lowest BCUT2D eigenvalue weighted by molar-refractivity contribution is -0.142. The van der Waals surface area contributed by atoms with Gasteiger partial charge in [0.05, 0.1) is 11.0 Å². The number of ether oxygens (including phenoxy) is 1. The minimum Gasteiger partial charge on any atom is -0.441 e. The summed E-state index contributed by atoms with van der Waals surface area (Å²) in [7, 11) is 0. The Morgan fingerprint density at radius 2 is 1.55 bits per heavy atom. The van der Waals surface area contributed by atoms with Gasteiger partial charge in [-0.1, -0.05) is 43.0 Å². The van der Waals surface area contributed by atoms with E-state index >= 15 is 0 Å². The molecule has 3 heteroatoms. The monoisotopic (exact) mass is 265 g/mol. The van der Waals surface area contributed by atoms with E-state index < -0.39 is 0 Å². The van der Waals surface area contributed by atoms with Crippen molar-refractivity contribution in [2.24, 2.45) is 0 Å². The zero-order chi connectivity index (χ0) is 14.1. The van der Waals surface area contributed by atoms with Gasteiger partial charge < -0.3 is 9.30 Å². The van der Waals surface area contributed by atoms with Crippen LogP contribution in [0.4, 0.5) is 0 Å². The summed E-state index contributed by atoms with van der Waals surface area (Å²) < 4.78 is 7.29. The number of nitrogens with zero attached hydrogens (tertiary/aromatic N) is 1. The fourth-order valence-corrected chi connectivity index (χ4v) is 2.39. The molecule has 0 amide bonds. The van der Waals surface area contributed by atoms with E-state index in [0.717, 1.165) is 21.8 Å². The largest absolute Gasteiger partial charge is 0.441 e. The Labute approximate surface area is 117 Å². The quantitative estimate of drug-likeness (QED) is 0.531. The number of esters is 1. The Morgan fingerprint density at radius 3 is 2.05 bits per heavy atom. The predicted molar refractivity (Wildman–Crippen MR) is 80.4 cm³/mol. The molecule has 0 bridgehead atoms. The number of carbonyl (C=O) groups excluding carboxylic acids is 1. The molecule has 2 aromatic carbocycles. The van der Waals surface area contributed by atoms with Gasteiger partial charge >= 0.3 is 5.97 Å². The van der Waals surface area contributed by atoms with Gasteiger partial charge in [0.25, 0.3) is 0 Å². The smallest absolute Gasteiger partial charge is 0.334 e. The van der Waals surface area contributed by atoms with Crippen LogP contribution in [0.15, 0.2) is 60.7 Å². The number of para-hydroxylation sites is 2. The average Bonchev–Trinajstić information content (AvgIpc) is 2.79. The zero-order valence-electron chi connectivity index (χ0n) is 11.3. The highest BCUT2D eigenvalue weighted by atomic mass is 16.5. The molecule has 0 saturated carbocycles. The Hall–Kier alpha value is -2.55. The number of hydrogen-bond acceptors (Lipinski definition) is 2. The predicted octanol–water partition coefficient (Wildman–Crippen LogP) is 3.87. The van der Waals surface area contributed by atoms with Crippen molar-refractivity contribution in [3.05, 3.63) is 60.7 Å². The molecular weight excluding hydrogens is 250 g/mol. The SMILES string of the molecule is C=C(C)C(=O)OCn1c2ccccc2c2ccccc21. The summed E-state index contributed by atoms with van der Waals surface area (Å²) in [5.74, 6) is -0.369. The molecule has 0 spiro atoms. The summed E-state index contributed by atoms with van der Waals surface area (Å²) in [5, 5.41) is 2.32. The van der Waals surface area contributed by atoms with Crippen molar-refractivity contribution in [2.75, 3.05) is 0 Å². The Kier molecular flexibility index (Phi) is 3.03. The molecule has 20 heavy (non-hydrogen) atoms. The van der Waals surface area contributed by atoms with Gasteiger partial charge in [-0.3, -0.25) is 0 Å². The molecule has 1 heterocycles. The van der Waals surface area contributed by atoms with Gasteiger partial charge in [0.2, 0.25) is 0 Å². The molecule has 0 N–H and O–H groups in total. The number of fused-ring (bicyclic) bond motifs is 3. The lowest BCUT2D eigenvalue weighted by Gasteiger charge is -2.08. The van der Waals surface area contributed by atoms with Gasteiger partial charge in [-0.15, -0.1) is 0 Å². The first-order valence-electron chi connectivity index (χ1n) is 6.47.